The SMILES string of the molecule is CO/N=C(\C(=O)N[C@@H]1C(=O)N2C(C(=O)O)=C(SCc3cnns3)CS[C@H]12)c1csc(N)n1. The number of fused-ring (bicyclic) bond motifs is 1. The first-order valence-corrected chi connectivity index (χ1v) is 12.5. The predicted octanol–water partition coefficient (Wildman–Crippen LogP) is 0.557. The van der Waals surface area contributed by atoms with Gasteiger partial charge in [0.15, 0.2) is 10.8 Å². The lowest BCUT2D eigenvalue weighted by Gasteiger charge is -2.49. The number of thioether (sulfide) groups is 2. The quantitative estimate of drug-likeness (QED) is 0.256. The summed E-state index contributed by atoms with van der Waals surface area (Å²) < 4.78 is 3.79. The Hall–Kier alpha value is -2.69. The van der Waals surface area contributed by atoms with Crippen LogP contribution in [0.2, 0.25) is 0 Å². The number of β-lactam (4-membered cyclic amide) rings is 1. The average molecular weight is 514 g/mol. The van der Waals surface area contributed by atoms with Crippen molar-refractivity contribution in [1.29, 1.82) is 0 Å². The molecule has 4 N–H and O–H groups in total. The Morgan fingerprint density at radius 3 is 2.94 bits per heavy atom. The number of rotatable bonds is 8. The van der Waals surface area contributed by atoms with E-state index in [1.165, 1.54) is 47.1 Å². The number of nitrogen functional groups attached to an aromatic ring is 1. The van der Waals surface area contributed by atoms with E-state index in [1.807, 2.05) is 0 Å². The van der Waals surface area contributed by atoms with Crippen molar-refractivity contribution in [3.8, 4) is 0 Å². The monoisotopic (exact) mass is 513 g/mol. The number of aliphatic carboxylic acids is 1. The van der Waals surface area contributed by atoms with Crippen molar-refractivity contribution in [2.45, 2.75) is 17.2 Å². The molecule has 2 atom stereocenters. The smallest absolute Gasteiger partial charge is 0.353 e. The van der Waals surface area contributed by atoms with Crippen molar-refractivity contribution in [3.63, 3.8) is 0 Å². The van der Waals surface area contributed by atoms with Crippen molar-refractivity contribution in [1.82, 2.24) is 24.8 Å². The number of thiazole rings is 1. The lowest BCUT2D eigenvalue weighted by molar-refractivity contribution is -0.150. The number of carboxylic acids is 1. The largest absolute Gasteiger partial charge is 0.477 e. The highest BCUT2D eigenvalue weighted by Gasteiger charge is 2.54. The lowest BCUT2D eigenvalue weighted by atomic mass is 10.0. The third-order valence-corrected chi connectivity index (χ3v) is 8.50. The first-order valence-electron chi connectivity index (χ1n) is 8.84. The fourth-order valence-corrected chi connectivity index (χ4v) is 6.69. The van der Waals surface area contributed by atoms with Crippen LogP contribution in [0.3, 0.4) is 0 Å². The van der Waals surface area contributed by atoms with Crippen molar-refractivity contribution < 1.29 is 24.3 Å². The summed E-state index contributed by atoms with van der Waals surface area (Å²) in [7, 11) is 1.28. The van der Waals surface area contributed by atoms with E-state index in [0.717, 1.165) is 16.2 Å². The molecule has 0 radical (unpaired) electrons. The van der Waals surface area contributed by atoms with Crippen molar-refractivity contribution in [2.24, 2.45) is 5.16 Å². The van der Waals surface area contributed by atoms with E-state index in [2.05, 4.69) is 25.0 Å². The summed E-state index contributed by atoms with van der Waals surface area (Å²) in [6, 6.07) is -0.905. The molecule has 2 aliphatic rings. The Morgan fingerprint density at radius 1 is 1.50 bits per heavy atom. The molecule has 0 aliphatic carbocycles. The van der Waals surface area contributed by atoms with Gasteiger partial charge in [0.05, 0.1) is 11.1 Å². The van der Waals surface area contributed by atoms with Gasteiger partial charge in [0.25, 0.3) is 11.8 Å². The van der Waals surface area contributed by atoms with Gasteiger partial charge in [-0.1, -0.05) is 9.64 Å². The third-order valence-electron chi connectivity index (χ3n) is 4.38. The number of carboxylic acid groups (broad SMARTS) is 1. The Labute approximate surface area is 197 Å². The number of aromatic nitrogens is 3. The molecule has 0 unspecified atom stereocenters. The Morgan fingerprint density at radius 2 is 2.31 bits per heavy atom. The Bertz CT molecular complexity index is 1120. The Balaban J connectivity index is 1.49. The number of oxime groups is 1. The van der Waals surface area contributed by atoms with E-state index in [-0.39, 0.29) is 22.2 Å². The van der Waals surface area contributed by atoms with E-state index < -0.39 is 29.2 Å². The van der Waals surface area contributed by atoms with Crippen LogP contribution in [0.4, 0.5) is 5.13 Å². The first kappa shape index (κ1) is 22.5. The summed E-state index contributed by atoms with van der Waals surface area (Å²) in [4.78, 5) is 48.9. The maximum Gasteiger partial charge on any atom is 0.353 e. The van der Waals surface area contributed by atoms with E-state index in [0.29, 0.717) is 16.4 Å². The highest BCUT2D eigenvalue weighted by molar-refractivity contribution is 8.05. The second-order valence-electron chi connectivity index (χ2n) is 6.30. The lowest BCUT2D eigenvalue weighted by Crippen LogP contribution is -2.71. The first-order chi connectivity index (χ1) is 15.4. The van der Waals surface area contributed by atoms with Crippen LogP contribution in [0.15, 0.2) is 27.3 Å². The number of nitrogens with two attached hydrogens (primary N) is 1. The van der Waals surface area contributed by atoms with Gasteiger partial charge in [-0.2, -0.15) is 0 Å². The standard InChI is InChI=1S/C16H15N7O5S4/c1-28-21-9(7-4-31-16(17)19-7)12(24)20-10-13(25)23-11(15(26)27)8(5-30-14(10)23)29-3-6-2-18-22-32-6/h2,4,10,14H,3,5H2,1H3,(H2,17,19)(H,20,24)(H,26,27)/b21-9-/t10-,14-/m1/s1. The van der Waals surface area contributed by atoms with E-state index >= 15 is 0 Å². The minimum atomic E-state index is -1.20. The van der Waals surface area contributed by atoms with Crippen molar-refractivity contribution in [2.75, 3.05) is 18.6 Å². The van der Waals surface area contributed by atoms with Crippen LogP contribution in [0.25, 0.3) is 0 Å². The highest BCUT2D eigenvalue weighted by Crippen LogP contribution is 2.44. The molecular weight excluding hydrogens is 498 g/mol. The molecule has 1 fully saturated rings. The van der Waals surface area contributed by atoms with Gasteiger partial charge in [0.1, 0.15) is 29.9 Å². The zero-order chi connectivity index (χ0) is 22.8. The molecule has 16 heteroatoms. The van der Waals surface area contributed by atoms with Gasteiger partial charge in [-0.25, -0.2) is 9.78 Å². The molecular formula is C16H15N7O5S4. The molecule has 2 amide bonds. The molecule has 2 aromatic heterocycles. The summed E-state index contributed by atoms with van der Waals surface area (Å²) >= 11 is 5.07. The van der Waals surface area contributed by atoms with Crippen LogP contribution in [-0.2, 0) is 25.0 Å². The van der Waals surface area contributed by atoms with Crippen molar-refractivity contribution in [3.05, 3.63) is 32.8 Å². The summed E-state index contributed by atoms with van der Waals surface area (Å²) in [5.74, 6) is -1.49. The topological polar surface area (TPSA) is 173 Å². The second-order valence-corrected chi connectivity index (χ2v) is 10.2. The number of carbonyl (C=O) groups is 3. The van der Waals surface area contributed by atoms with Gasteiger partial charge in [-0.05, 0) is 11.5 Å². The minimum absolute atomic E-state index is 0.0650. The molecule has 12 nitrogen and oxygen atoms in total. The zero-order valence-electron chi connectivity index (χ0n) is 16.3. The van der Waals surface area contributed by atoms with Gasteiger partial charge < -0.3 is 21.0 Å². The van der Waals surface area contributed by atoms with Gasteiger partial charge in [0, 0.05) is 21.8 Å². The summed E-state index contributed by atoms with van der Waals surface area (Å²) in [5.41, 5.74) is 5.64. The number of hydrogen-bond donors (Lipinski definition) is 3. The van der Waals surface area contributed by atoms with Crippen LogP contribution >= 0.6 is 46.4 Å². The van der Waals surface area contributed by atoms with Gasteiger partial charge in [-0.15, -0.1) is 40.0 Å². The molecule has 0 bridgehead atoms. The van der Waals surface area contributed by atoms with Crippen LogP contribution in [0.1, 0.15) is 10.6 Å². The third kappa shape index (κ3) is 4.30. The highest BCUT2D eigenvalue weighted by atomic mass is 32.2. The maximum atomic E-state index is 12.8. The second kappa shape index (κ2) is 9.43. The number of hydrogen-bond acceptors (Lipinski definition) is 13. The molecule has 2 aliphatic heterocycles. The van der Waals surface area contributed by atoms with E-state index in [9.17, 15) is 19.5 Å². The van der Waals surface area contributed by atoms with E-state index in [1.54, 1.807) is 11.6 Å². The van der Waals surface area contributed by atoms with Crippen molar-refractivity contribution >= 4 is 75.0 Å². The van der Waals surface area contributed by atoms with Crippen LogP contribution < -0.4 is 11.1 Å². The van der Waals surface area contributed by atoms with Gasteiger partial charge in [-0.3, -0.25) is 14.5 Å². The molecule has 168 valence electrons. The molecule has 32 heavy (non-hydrogen) atoms. The number of nitrogens with one attached hydrogen (secondary N) is 1. The normalized spacial score (nSPS) is 20.6. The van der Waals surface area contributed by atoms with E-state index in [4.69, 9.17) is 10.6 Å². The Kier molecular flexibility index (Phi) is 6.63. The average Bonchev–Trinajstić information content (AvgIpc) is 3.45. The van der Waals surface area contributed by atoms with Gasteiger partial charge >= 0.3 is 5.97 Å². The molecule has 1 saturated heterocycles. The number of carbonyl (C=O) groups excluding carboxylic acids is 2. The van der Waals surface area contributed by atoms with Crippen LogP contribution in [0, 0.1) is 0 Å². The molecule has 0 aromatic carbocycles. The van der Waals surface area contributed by atoms with Crippen LogP contribution in [0.5, 0.6) is 0 Å². The fourth-order valence-electron chi connectivity index (χ4n) is 3.01. The fraction of sp³-hybridized carbons (Fsp3) is 0.312. The minimum Gasteiger partial charge on any atom is -0.477 e. The van der Waals surface area contributed by atoms with Gasteiger partial charge in [0.2, 0.25) is 0 Å². The van der Waals surface area contributed by atoms with Crippen LogP contribution in [-0.4, -0.2) is 72.4 Å². The molecule has 2 aromatic rings. The maximum absolute atomic E-state index is 12.8. The number of nitrogens with zero attached hydrogens (tertiary/aromatic N) is 5. The predicted molar refractivity (Wildman–Crippen MR) is 121 cm³/mol. The molecule has 4 rings (SSSR count). The molecule has 4 heterocycles. The molecule has 0 spiro atoms. The number of amides is 2. The summed E-state index contributed by atoms with van der Waals surface area (Å²) in [5, 5.41) is 21.1. The summed E-state index contributed by atoms with van der Waals surface area (Å²) in [6.07, 6.45) is 1.62. The molecule has 0 saturated carbocycles. The zero-order valence-corrected chi connectivity index (χ0v) is 19.5. The summed E-state index contributed by atoms with van der Waals surface area (Å²) in [6.45, 7) is 0. The number of anilines is 1.